The van der Waals surface area contributed by atoms with Gasteiger partial charge in [-0.1, -0.05) is 42.5 Å². The lowest BCUT2D eigenvalue weighted by atomic mass is 10.1. The second-order valence-corrected chi connectivity index (χ2v) is 4.69. The van der Waals surface area contributed by atoms with Gasteiger partial charge in [-0.15, -0.1) is 0 Å². The molecular formula is C17H20N2O. The predicted octanol–water partition coefficient (Wildman–Crippen LogP) is 2.38. The van der Waals surface area contributed by atoms with Gasteiger partial charge < -0.3 is 10.6 Å². The quantitative estimate of drug-likeness (QED) is 0.790. The lowest BCUT2D eigenvalue weighted by Crippen LogP contribution is -2.18. The van der Waals surface area contributed by atoms with Crippen molar-refractivity contribution in [3.05, 3.63) is 71.3 Å². The molecule has 0 atom stereocenters. The van der Waals surface area contributed by atoms with Crippen LogP contribution in [0.25, 0.3) is 0 Å². The number of hydrogen-bond acceptors (Lipinski definition) is 2. The van der Waals surface area contributed by atoms with Gasteiger partial charge in [0.25, 0.3) is 5.91 Å². The highest BCUT2D eigenvalue weighted by atomic mass is 16.1. The Bertz CT molecular complexity index is 535. The number of hydrogen-bond donors (Lipinski definition) is 2. The van der Waals surface area contributed by atoms with Gasteiger partial charge in [0.2, 0.25) is 0 Å². The van der Waals surface area contributed by atoms with Crippen LogP contribution < -0.4 is 10.6 Å². The largest absolute Gasteiger partial charge is 0.355 e. The molecule has 3 heteroatoms. The van der Waals surface area contributed by atoms with Crippen molar-refractivity contribution in [1.29, 1.82) is 0 Å². The van der Waals surface area contributed by atoms with E-state index in [1.807, 2.05) is 30.3 Å². The summed E-state index contributed by atoms with van der Waals surface area (Å²) >= 11 is 0. The standard InChI is InChI=1S/C17H20N2O/c1-18-17(20)16-9-7-15(8-10-16)13-19-12-11-14-5-3-2-4-6-14/h2-10,19H,11-13H2,1H3,(H,18,20). The summed E-state index contributed by atoms with van der Waals surface area (Å²) in [6.45, 7) is 1.77. The van der Waals surface area contributed by atoms with Gasteiger partial charge >= 0.3 is 0 Å². The van der Waals surface area contributed by atoms with E-state index in [1.54, 1.807) is 7.05 Å². The van der Waals surface area contributed by atoms with Gasteiger partial charge in [-0.05, 0) is 36.2 Å². The maximum absolute atomic E-state index is 11.4. The Kier molecular flexibility index (Phi) is 5.33. The minimum atomic E-state index is -0.0476. The SMILES string of the molecule is CNC(=O)c1ccc(CNCCc2ccccc2)cc1. The third-order valence-corrected chi connectivity index (χ3v) is 3.21. The molecule has 0 saturated carbocycles. The average Bonchev–Trinajstić information content (AvgIpc) is 2.52. The molecule has 0 bridgehead atoms. The van der Waals surface area contributed by atoms with E-state index >= 15 is 0 Å². The van der Waals surface area contributed by atoms with Gasteiger partial charge in [0.05, 0.1) is 0 Å². The zero-order valence-electron chi connectivity index (χ0n) is 11.7. The molecule has 0 heterocycles. The molecule has 0 radical (unpaired) electrons. The van der Waals surface area contributed by atoms with Gasteiger partial charge in [0, 0.05) is 19.2 Å². The Morgan fingerprint density at radius 1 is 0.950 bits per heavy atom. The summed E-state index contributed by atoms with van der Waals surface area (Å²) < 4.78 is 0. The van der Waals surface area contributed by atoms with Crippen molar-refractivity contribution < 1.29 is 4.79 Å². The second kappa shape index (κ2) is 7.46. The number of carbonyl (C=O) groups is 1. The summed E-state index contributed by atoms with van der Waals surface area (Å²) in [5, 5.41) is 6.03. The molecule has 2 N–H and O–H groups in total. The number of rotatable bonds is 6. The number of nitrogens with one attached hydrogen (secondary N) is 2. The molecule has 0 fully saturated rings. The maximum atomic E-state index is 11.4. The topological polar surface area (TPSA) is 41.1 Å². The molecule has 2 aromatic rings. The molecule has 0 aromatic heterocycles. The van der Waals surface area contributed by atoms with E-state index in [4.69, 9.17) is 0 Å². The van der Waals surface area contributed by atoms with E-state index in [-0.39, 0.29) is 5.91 Å². The molecule has 3 nitrogen and oxygen atoms in total. The molecule has 0 saturated heterocycles. The van der Waals surface area contributed by atoms with Crippen LogP contribution in [0.15, 0.2) is 54.6 Å². The van der Waals surface area contributed by atoms with Gasteiger partial charge in [0.15, 0.2) is 0 Å². The van der Waals surface area contributed by atoms with Crippen molar-refractivity contribution in [3.63, 3.8) is 0 Å². The summed E-state index contributed by atoms with van der Waals surface area (Å²) in [4.78, 5) is 11.4. The summed E-state index contributed by atoms with van der Waals surface area (Å²) in [7, 11) is 1.64. The van der Waals surface area contributed by atoms with Gasteiger partial charge in [0.1, 0.15) is 0 Å². The monoisotopic (exact) mass is 268 g/mol. The zero-order valence-corrected chi connectivity index (χ0v) is 11.7. The van der Waals surface area contributed by atoms with Crippen LogP contribution in [-0.4, -0.2) is 19.5 Å². The van der Waals surface area contributed by atoms with Crippen LogP contribution in [0.2, 0.25) is 0 Å². The Labute approximate surface area is 120 Å². The highest BCUT2D eigenvalue weighted by molar-refractivity contribution is 5.93. The summed E-state index contributed by atoms with van der Waals surface area (Å²) in [6, 6.07) is 18.1. The zero-order chi connectivity index (χ0) is 14.2. The van der Waals surface area contributed by atoms with Crippen LogP contribution in [0, 0.1) is 0 Å². The van der Waals surface area contributed by atoms with Crippen LogP contribution in [-0.2, 0) is 13.0 Å². The highest BCUT2D eigenvalue weighted by Crippen LogP contribution is 2.04. The van der Waals surface area contributed by atoms with Gasteiger partial charge in [-0.3, -0.25) is 4.79 Å². The van der Waals surface area contributed by atoms with Crippen molar-refractivity contribution >= 4 is 5.91 Å². The first-order valence-corrected chi connectivity index (χ1v) is 6.85. The van der Waals surface area contributed by atoms with Crippen molar-refractivity contribution in [2.75, 3.05) is 13.6 Å². The molecular weight excluding hydrogens is 248 g/mol. The van der Waals surface area contributed by atoms with E-state index in [0.29, 0.717) is 5.56 Å². The molecule has 1 amide bonds. The Morgan fingerprint density at radius 3 is 2.30 bits per heavy atom. The van der Waals surface area contributed by atoms with Gasteiger partial charge in [-0.2, -0.15) is 0 Å². The molecule has 0 aliphatic carbocycles. The normalized spacial score (nSPS) is 10.2. The van der Waals surface area contributed by atoms with Crippen molar-refractivity contribution in [3.8, 4) is 0 Å². The minimum Gasteiger partial charge on any atom is -0.355 e. The molecule has 0 unspecified atom stereocenters. The molecule has 2 rings (SSSR count). The van der Waals surface area contributed by atoms with E-state index in [1.165, 1.54) is 11.1 Å². The number of benzene rings is 2. The minimum absolute atomic E-state index is 0.0476. The Balaban J connectivity index is 1.75. The van der Waals surface area contributed by atoms with Crippen molar-refractivity contribution in [2.24, 2.45) is 0 Å². The van der Waals surface area contributed by atoms with Gasteiger partial charge in [-0.25, -0.2) is 0 Å². The van der Waals surface area contributed by atoms with E-state index in [2.05, 4.69) is 34.9 Å². The van der Waals surface area contributed by atoms with E-state index < -0.39 is 0 Å². The van der Waals surface area contributed by atoms with Crippen LogP contribution in [0.5, 0.6) is 0 Å². The maximum Gasteiger partial charge on any atom is 0.251 e. The second-order valence-electron chi connectivity index (χ2n) is 4.69. The van der Waals surface area contributed by atoms with Crippen LogP contribution in [0.1, 0.15) is 21.5 Å². The van der Waals surface area contributed by atoms with Crippen LogP contribution in [0.4, 0.5) is 0 Å². The van der Waals surface area contributed by atoms with Crippen LogP contribution >= 0.6 is 0 Å². The van der Waals surface area contributed by atoms with Crippen molar-refractivity contribution in [1.82, 2.24) is 10.6 Å². The Morgan fingerprint density at radius 2 is 1.65 bits per heavy atom. The first-order valence-electron chi connectivity index (χ1n) is 6.85. The molecule has 20 heavy (non-hydrogen) atoms. The summed E-state index contributed by atoms with van der Waals surface area (Å²) in [6.07, 6.45) is 1.02. The fraction of sp³-hybridized carbons (Fsp3) is 0.235. The highest BCUT2D eigenvalue weighted by Gasteiger charge is 2.01. The van der Waals surface area contributed by atoms with E-state index in [0.717, 1.165) is 19.5 Å². The third-order valence-electron chi connectivity index (χ3n) is 3.21. The lowest BCUT2D eigenvalue weighted by Gasteiger charge is -2.06. The molecule has 0 aliphatic rings. The molecule has 0 spiro atoms. The molecule has 0 aliphatic heterocycles. The fourth-order valence-corrected chi connectivity index (χ4v) is 2.03. The average molecular weight is 268 g/mol. The number of carbonyl (C=O) groups excluding carboxylic acids is 1. The number of amides is 1. The molecule has 104 valence electrons. The first kappa shape index (κ1) is 14.3. The summed E-state index contributed by atoms with van der Waals surface area (Å²) in [5.41, 5.74) is 3.22. The van der Waals surface area contributed by atoms with Crippen molar-refractivity contribution in [2.45, 2.75) is 13.0 Å². The lowest BCUT2D eigenvalue weighted by molar-refractivity contribution is 0.0963. The molecule has 2 aromatic carbocycles. The van der Waals surface area contributed by atoms with E-state index in [9.17, 15) is 4.79 Å². The van der Waals surface area contributed by atoms with Crippen LogP contribution in [0.3, 0.4) is 0 Å². The fourth-order valence-electron chi connectivity index (χ4n) is 2.03. The summed E-state index contributed by atoms with van der Waals surface area (Å²) in [5.74, 6) is -0.0476. The third kappa shape index (κ3) is 4.21. The Hall–Kier alpha value is -2.13. The smallest absolute Gasteiger partial charge is 0.251 e. The first-order chi connectivity index (χ1) is 9.79. The predicted molar refractivity (Wildman–Crippen MR) is 81.7 cm³/mol.